The van der Waals surface area contributed by atoms with Crippen molar-refractivity contribution in [2.75, 3.05) is 0 Å². The van der Waals surface area contributed by atoms with Crippen LogP contribution in [0, 0.1) is 11.3 Å². The Bertz CT molecular complexity index is 292. The highest BCUT2D eigenvalue weighted by Gasteiger charge is 2.12. The van der Waals surface area contributed by atoms with Crippen molar-refractivity contribution in [3.8, 4) is 6.07 Å². The molecule has 0 aromatic heterocycles. The van der Waals surface area contributed by atoms with Crippen molar-refractivity contribution >= 4 is 5.91 Å². The second-order valence-corrected chi connectivity index (χ2v) is 4.69. The lowest BCUT2D eigenvalue weighted by atomic mass is 10.1. The molecular weight excluding hydrogens is 190 g/mol. The van der Waals surface area contributed by atoms with E-state index < -0.39 is 0 Å². The number of hydrogen-bond acceptors (Lipinski definition) is 3. The number of rotatable bonds is 3. The van der Waals surface area contributed by atoms with Gasteiger partial charge in [-0.3, -0.25) is 4.79 Å². The van der Waals surface area contributed by atoms with Gasteiger partial charge >= 0.3 is 0 Å². The van der Waals surface area contributed by atoms with Gasteiger partial charge in [-0.25, -0.2) is 0 Å². The van der Waals surface area contributed by atoms with Crippen LogP contribution in [0.25, 0.3) is 0 Å². The average Bonchev–Trinajstić information content (AvgIpc) is 2.01. The van der Waals surface area contributed by atoms with Gasteiger partial charge in [-0.05, 0) is 34.6 Å². The first-order chi connectivity index (χ1) is 6.76. The van der Waals surface area contributed by atoms with Crippen molar-refractivity contribution in [2.45, 2.75) is 46.2 Å². The van der Waals surface area contributed by atoms with Crippen LogP contribution in [0.5, 0.6) is 0 Å². The topological polar surface area (TPSA) is 64.9 Å². The van der Waals surface area contributed by atoms with E-state index >= 15 is 0 Å². The predicted molar refractivity (Wildman–Crippen MR) is 59.9 cm³/mol. The van der Waals surface area contributed by atoms with Crippen molar-refractivity contribution in [2.24, 2.45) is 0 Å². The molecule has 0 bridgehead atoms. The van der Waals surface area contributed by atoms with Crippen LogP contribution in [-0.2, 0) is 4.79 Å². The maximum atomic E-state index is 11.5. The summed E-state index contributed by atoms with van der Waals surface area (Å²) in [5.41, 5.74) is -0.0566. The fourth-order valence-corrected chi connectivity index (χ4v) is 0.777. The van der Waals surface area contributed by atoms with Gasteiger partial charge in [0.1, 0.15) is 11.6 Å². The number of nitrogens with one attached hydrogen (secondary N) is 2. The van der Waals surface area contributed by atoms with Crippen LogP contribution >= 0.6 is 0 Å². The minimum atomic E-state index is -0.343. The van der Waals surface area contributed by atoms with Gasteiger partial charge in [0.25, 0.3) is 5.91 Å². The smallest absolute Gasteiger partial charge is 0.263 e. The van der Waals surface area contributed by atoms with E-state index in [1.54, 1.807) is 0 Å². The normalized spacial score (nSPS) is 12.2. The van der Waals surface area contributed by atoms with Gasteiger partial charge in [0.15, 0.2) is 0 Å². The summed E-state index contributed by atoms with van der Waals surface area (Å²) in [4.78, 5) is 11.5. The van der Waals surface area contributed by atoms with Crippen LogP contribution in [0.15, 0.2) is 11.8 Å². The fourth-order valence-electron chi connectivity index (χ4n) is 0.777. The standard InChI is InChI=1S/C11H19N3O/c1-8(2)14-10(15)9(6-12)7-13-11(3,4)5/h7-8,13H,1-5H3,(H,14,15)/b9-7-. The molecule has 0 fully saturated rings. The first-order valence-electron chi connectivity index (χ1n) is 4.95. The van der Waals surface area contributed by atoms with Gasteiger partial charge in [-0.1, -0.05) is 0 Å². The summed E-state index contributed by atoms with van der Waals surface area (Å²) in [6.45, 7) is 9.57. The van der Waals surface area contributed by atoms with Crippen LogP contribution < -0.4 is 10.6 Å². The monoisotopic (exact) mass is 209 g/mol. The molecule has 1 amide bonds. The van der Waals surface area contributed by atoms with Crippen LogP contribution in [0.2, 0.25) is 0 Å². The van der Waals surface area contributed by atoms with Gasteiger partial charge < -0.3 is 10.6 Å². The largest absolute Gasteiger partial charge is 0.385 e. The SMILES string of the molecule is CC(C)NC(=O)/C(C#N)=C\NC(C)(C)C. The third-order valence-corrected chi connectivity index (χ3v) is 1.43. The first kappa shape index (κ1) is 13.5. The molecule has 0 aromatic carbocycles. The van der Waals surface area contributed by atoms with E-state index in [1.165, 1.54) is 6.20 Å². The molecule has 0 heterocycles. The number of carbonyl (C=O) groups is 1. The molecule has 0 saturated heterocycles. The fraction of sp³-hybridized carbons (Fsp3) is 0.636. The van der Waals surface area contributed by atoms with Gasteiger partial charge in [-0.15, -0.1) is 0 Å². The molecule has 2 N–H and O–H groups in total. The molecule has 4 nitrogen and oxygen atoms in total. The third kappa shape index (κ3) is 6.55. The van der Waals surface area contributed by atoms with E-state index in [2.05, 4.69) is 10.6 Å². The van der Waals surface area contributed by atoms with Crippen LogP contribution in [0.3, 0.4) is 0 Å². The lowest BCUT2D eigenvalue weighted by molar-refractivity contribution is -0.117. The van der Waals surface area contributed by atoms with Crippen molar-refractivity contribution in [3.05, 3.63) is 11.8 Å². The Morgan fingerprint density at radius 2 is 1.93 bits per heavy atom. The Morgan fingerprint density at radius 3 is 2.27 bits per heavy atom. The molecule has 0 radical (unpaired) electrons. The average molecular weight is 209 g/mol. The van der Waals surface area contributed by atoms with Crippen molar-refractivity contribution < 1.29 is 4.79 Å². The highest BCUT2D eigenvalue weighted by molar-refractivity contribution is 5.97. The summed E-state index contributed by atoms with van der Waals surface area (Å²) in [5.74, 6) is -0.343. The Kier molecular flexibility index (Phi) is 4.86. The quantitative estimate of drug-likeness (QED) is 0.544. The molecule has 0 unspecified atom stereocenters. The van der Waals surface area contributed by atoms with Crippen molar-refractivity contribution in [3.63, 3.8) is 0 Å². The highest BCUT2D eigenvalue weighted by atomic mass is 16.1. The van der Waals surface area contributed by atoms with Crippen LogP contribution in [-0.4, -0.2) is 17.5 Å². The molecule has 0 saturated carbocycles. The lowest BCUT2D eigenvalue weighted by Crippen LogP contribution is -2.35. The molecule has 0 spiro atoms. The number of hydrogen-bond donors (Lipinski definition) is 2. The van der Waals surface area contributed by atoms with Gasteiger partial charge in [0, 0.05) is 17.8 Å². The summed E-state index contributed by atoms with van der Waals surface area (Å²) < 4.78 is 0. The zero-order chi connectivity index (χ0) is 12.1. The van der Waals surface area contributed by atoms with E-state index in [0.29, 0.717) is 0 Å². The third-order valence-electron chi connectivity index (χ3n) is 1.43. The van der Waals surface area contributed by atoms with E-state index in [1.807, 2.05) is 40.7 Å². The zero-order valence-corrected chi connectivity index (χ0v) is 10.0. The second kappa shape index (κ2) is 5.40. The van der Waals surface area contributed by atoms with E-state index in [9.17, 15) is 4.79 Å². The Balaban J connectivity index is 4.51. The van der Waals surface area contributed by atoms with Gasteiger partial charge in [-0.2, -0.15) is 5.26 Å². The number of nitriles is 1. The van der Waals surface area contributed by atoms with Crippen LogP contribution in [0.1, 0.15) is 34.6 Å². The number of carbonyl (C=O) groups excluding carboxylic acids is 1. The van der Waals surface area contributed by atoms with Crippen molar-refractivity contribution in [1.82, 2.24) is 10.6 Å². The molecule has 0 atom stereocenters. The molecule has 15 heavy (non-hydrogen) atoms. The molecule has 0 aliphatic rings. The Hall–Kier alpha value is -1.50. The van der Waals surface area contributed by atoms with E-state index in [4.69, 9.17) is 5.26 Å². The van der Waals surface area contributed by atoms with E-state index in [0.717, 1.165) is 0 Å². The summed E-state index contributed by atoms with van der Waals surface area (Å²) in [5, 5.41) is 14.4. The molecule has 0 aliphatic carbocycles. The zero-order valence-electron chi connectivity index (χ0n) is 10.0. The summed E-state index contributed by atoms with van der Waals surface area (Å²) in [6.07, 6.45) is 1.46. The Morgan fingerprint density at radius 1 is 1.40 bits per heavy atom. The van der Waals surface area contributed by atoms with Gasteiger partial charge in [0.2, 0.25) is 0 Å². The maximum Gasteiger partial charge on any atom is 0.263 e. The van der Waals surface area contributed by atoms with Crippen molar-refractivity contribution in [1.29, 1.82) is 5.26 Å². The Labute approximate surface area is 91.4 Å². The maximum absolute atomic E-state index is 11.5. The molecular formula is C11H19N3O. The molecule has 84 valence electrons. The molecule has 0 aromatic rings. The minimum absolute atomic E-state index is 0.0314. The second-order valence-electron chi connectivity index (χ2n) is 4.69. The highest BCUT2D eigenvalue weighted by Crippen LogP contribution is 2.00. The number of nitrogens with zero attached hydrogens (tertiary/aromatic N) is 1. The summed E-state index contributed by atoms with van der Waals surface area (Å²) in [6, 6.07) is 1.90. The molecule has 0 rings (SSSR count). The predicted octanol–water partition coefficient (Wildman–Crippen LogP) is 1.31. The molecule has 4 heteroatoms. The van der Waals surface area contributed by atoms with Gasteiger partial charge in [0.05, 0.1) is 0 Å². The van der Waals surface area contributed by atoms with E-state index in [-0.39, 0.29) is 23.1 Å². The van der Waals surface area contributed by atoms with Crippen LogP contribution in [0.4, 0.5) is 0 Å². The first-order valence-corrected chi connectivity index (χ1v) is 4.95. The summed E-state index contributed by atoms with van der Waals surface area (Å²) >= 11 is 0. The minimum Gasteiger partial charge on any atom is -0.385 e. The lowest BCUT2D eigenvalue weighted by Gasteiger charge is -2.19. The molecule has 0 aliphatic heterocycles. The number of amides is 1. The summed E-state index contributed by atoms with van der Waals surface area (Å²) in [7, 11) is 0.